The van der Waals surface area contributed by atoms with Crippen LogP contribution in [0.3, 0.4) is 0 Å². The molecule has 1 unspecified atom stereocenters. The number of allylic oxidation sites excluding steroid dienone is 1. The topological polar surface area (TPSA) is 156 Å². The Kier molecular flexibility index (Phi) is 10.9. The number of carbonyl (C=O) groups is 5. The summed E-state index contributed by atoms with van der Waals surface area (Å²) in [6.07, 6.45) is 5.59. The van der Waals surface area contributed by atoms with Crippen molar-refractivity contribution in [2.75, 3.05) is 6.54 Å². The van der Waals surface area contributed by atoms with Crippen LogP contribution in [-0.4, -0.2) is 67.4 Å². The summed E-state index contributed by atoms with van der Waals surface area (Å²) in [5, 5.41) is 16.1. The molecule has 1 saturated heterocycles. The zero-order valence-electron chi connectivity index (χ0n) is 31.0. The Bertz CT molecular complexity index is 2270. The van der Waals surface area contributed by atoms with Gasteiger partial charge in [0.05, 0.1) is 16.8 Å². The van der Waals surface area contributed by atoms with E-state index in [-0.39, 0.29) is 34.8 Å². The summed E-state index contributed by atoms with van der Waals surface area (Å²) in [6.45, 7) is 10.3. The number of amides is 4. The zero-order valence-corrected chi connectivity index (χ0v) is 32.6. The van der Waals surface area contributed by atoms with Gasteiger partial charge in [0.15, 0.2) is 5.82 Å². The number of rotatable bonds is 13. The molecule has 3 aliphatic heterocycles. The van der Waals surface area contributed by atoms with Crippen LogP contribution in [0.25, 0.3) is 5.00 Å². The summed E-state index contributed by atoms with van der Waals surface area (Å²) >= 11 is 7.90. The van der Waals surface area contributed by atoms with Gasteiger partial charge < -0.3 is 10.6 Å². The number of aliphatic imine (C=N–C) groups is 1. The minimum Gasteiger partial charge on any atom is -0.352 e. The van der Waals surface area contributed by atoms with Crippen LogP contribution in [0.5, 0.6) is 0 Å². The number of hydrogen-bond donors (Lipinski definition) is 2. The maximum absolute atomic E-state index is 13.4. The Morgan fingerprint density at radius 3 is 2.45 bits per heavy atom. The fraction of sp³-hybridized carbons (Fsp3) is 0.366. The predicted octanol–water partition coefficient (Wildman–Crippen LogP) is 6.92. The van der Waals surface area contributed by atoms with Crippen LogP contribution in [-0.2, 0) is 9.59 Å². The molecule has 5 heterocycles. The zero-order chi connectivity index (χ0) is 39.0. The molecule has 0 spiro atoms. The lowest BCUT2D eigenvalue weighted by Crippen LogP contribution is -2.51. The lowest BCUT2D eigenvalue weighted by atomic mass is 9.99. The van der Waals surface area contributed by atoms with E-state index < -0.39 is 29.8 Å². The van der Waals surface area contributed by atoms with Gasteiger partial charge in [-0.25, -0.2) is 0 Å². The normalized spacial score (nSPS) is 17.7. The Morgan fingerprint density at radius 2 is 1.69 bits per heavy atom. The fourth-order valence-corrected chi connectivity index (χ4v) is 8.76. The molecular weight excluding hydrogens is 738 g/mol. The number of piperidine rings is 1. The molecular formula is C41H42ClN7O5S. The Hall–Kier alpha value is -5.27. The summed E-state index contributed by atoms with van der Waals surface area (Å²) in [5.41, 5.74) is 5.06. The number of benzene rings is 2. The van der Waals surface area contributed by atoms with Gasteiger partial charge in [0.2, 0.25) is 5.91 Å². The number of thiophene rings is 1. The maximum atomic E-state index is 13.4. The first kappa shape index (κ1) is 38.0. The first-order chi connectivity index (χ1) is 26.4. The van der Waals surface area contributed by atoms with E-state index >= 15 is 0 Å². The summed E-state index contributed by atoms with van der Waals surface area (Å²) < 4.78 is 2.05. The molecule has 0 saturated carbocycles. The summed E-state index contributed by atoms with van der Waals surface area (Å²) in [5.74, 6) is -0.356. The largest absolute Gasteiger partial charge is 0.352 e. The summed E-state index contributed by atoms with van der Waals surface area (Å²) in [4.78, 5) is 72.3. The third-order valence-corrected chi connectivity index (χ3v) is 12.0. The number of carbonyl (C=O) groups excluding carboxylic acids is 5. The van der Waals surface area contributed by atoms with Crippen LogP contribution in [0.15, 0.2) is 59.7 Å². The smallest absolute Gasteiger partial charge is 0.262 e. The number of ketones is 1. The first-order valence-electron chi connectivity index (χ1n) is 18.6. The molecule has 4 amide bonds. The van der Waals surface area contributed by atoms with E-state index in [4.69, 9.17) is 16.6 Å². The van der Waals surface area contributed by atoms with Gasteiger partial charge in [-0.3, -0.25) is 38.4 Å². The van der Waals surface area contributed by atoms with E-state index in [1.807, 2.05) is 31.2 Å². The van der Waals surface area contributed by atoms with E-state index in [1.165, 1.54) is 23.1 Å². The van der Waals surface area contributed by atoms with Gasteiger partial charge in [0.25, 0.3) is 17.7 Å². The van der Waals surface area contributed by atoms with Crippen molar-refractivity contribution in [2.24, 2.45) is 4.99 Å². The van der Waals surface area contributed by atoms with Crippen molar-refractivity contribution in [3.63, 3.8) is 0 Å². The predicted molar refractivity (Wildman–Crippen MR) is 210 cm³/mol. The molecule has 1 fully saturated rings. The minimum absolute atomic E-state index is 0.118. The number of nitrogens with zero attached hydrogens (tertiary/aromatic N) is 5. The van der Waals surface area contributed by atoms with Crippen LogP contribution in [0, 0.1) is 20.8 Å². The Morgan fingerprint density at radius 1 is 0.964 bits per heavy atom. The number of imide groups is 1. The first-order valence-corrected chi connectivity index (χ1v) is 19.8. The van der Waals surface area contributed by atoms with Crippen LogP contribution in [0.1, 0.15) is 128 Å². The maximum Gasteiger partial charge on any atom is 0.262 e. The molecule has 2 atom stereocenters. The van der Waals surface area contributed by atoms with Crippen molar-refractivity contribution in [1.82, 2.24) is 30.3 Å². The van der Waals surface area contributed by atoms with Crippen molar-refractivity contribution < 1.29 is 24.0 Å². The number of unbranched alkanes of at least 4 members (excludes halogenated alkanes) is 4. The van der Waals surface area contributed by atoms with E-state index in [0.717, 1.165) is 70.2 Å². The molecule has 12 nitrogen and oxygen atoms in total. The molecule has 55 heavy (non-hydrogen) atoms. The number of nitrogens with one attached hydrogen (secondary N) is 2. The fourth-order valence-electron chi connectivity index (χ4n) is 7.42. The average molecular weight is 780 g/mol. The van der Waals surface area contributed by atoms with Crippen LogP contribution in [0.4, 0.5) is 0 Å². The lowest BCUT2D eigenvalue weighted by molar-refractivity contribution is -0.125. The van der Waals surface area contributed by atoms with E-state index in [1.54, 1.807) is 11.3 Å². The average Bonchev–Trinajstić information content (AvgIpc) is 3.73. The second-order valence-electron chi connectivity index (χ2n) is 14.3. The van der Waals surface area contributed by atoms with Crippen molar-refractivity contribution in [3.05, 3.63) is 110 Å². The molecule has 0 aliphatic carbocycles. The van der Waals surface area contributed by atoms with Gasteiger partial charge in [0.1, 0.15) is 28.7 Å². The Labute approximate surface area is 328 Å². The van der Waals surface area contributed by atoms with Crippen molar-refractivity contribution >= 4 is 58.1 Å². The highest BCUT2D eigenvalue weighted by Gasteiger charge is 2.44. The van der Waals surface area contributed by atoms with Crippen molar-refractivity contribution in [2.45, 2.75) is 90.6 Å². The Balaban J connectivity index is 0.886. The number of aromatic nitrogens is 3. The highest BCUT2D eigenvalue weighted by Crippen LogP contribution is 2.40. The van der Waals surface area contributed by atoms with Gasteiger partial charge >= 0.3 is 0 Å². The van der Waals surface area contributed by atoms with Crippen molar-refractivity contribution in [3.8, 4) is 5.00 Å². The molecule has 4 aromatic rings. The SMILES string of the molecule is C=C1CCC(N2C(=O)c3ccc(C(=O)NCCCCCCCC(=O)C[C@@H]4N=C(c5ccc(Cl)cc5)c5c(sc(C)c5C)-n5c(C)nnc54)cc3C2=O)C(=O)N1. The van der Waals surface area contributed by atoms with Crippen LogP contribution in [0.2, 0.25) is 5.02 Å². The van der Waals surface area contributed by atoms with Gasteiger partial charge in [-0.1, -0.05) is 49.6 Å². The summed E-state index contributed by atoms with van der Waals surface area (Å²) in [7, 11) is 0. The molecule has 2 aromatic heterocycles. The van der Waals surface area contributed by atoms with E-state index in [0.29, 0.717) is 42.4 Å². The molecule has 0 bridgehead atoms. The molecule has 0 radical (unpaired) electrons. The molecule has 284 valence electrons. The summed E-state index contributed by atoms with van der Waals surface area (Å²) in [6, 6.07) is 10.7. The monoisotopic (exact) mass is 779 g/mol. The van der Waals surface area contributed by atoms with Gasteiger partial charge in [-0.2, -0.15) is 0 Å². The minimum atomic E-state index is -0.908. The quantitative estimate of drug-likeness (QED) is 0.110. The number of fused-ring (bicyclic) bond motifs is 4. The standard InChI is InChI=1S/C41H42ClN7O5S/c1-22-11-18-33(38(52)44-22)49-39(53)30-17-14-27(20-31(30)40(49)54)37(51)43-19-9-7-5-6-8-10-29(50)21-32-36-47-46-25(4)48(36)41-34(23(2)24(3)55-41)35(45-32)26-12-15-28(42)16-13-26/h12-17,20,32-33H,1,5-11,18-19,21H2,2-4H3,(H,43,51)(H,44,52)/t32-,33?/m0/s1. The third-order valence-electron chi connectivity index (χ3n) is 10.5. The molecule has 7 rings (SSSR count). The lowest BCUT2D eigenvalue weighted by Gasteiger charge is -2.29. The van der Waals surface area contributed by atoms with E-state index in [2.05, 4.69) is 45.8 Å². The van der Waals surface area contributed by atoms with Crippen LogP contribution < -0.4 is 10.6 Å². The number of Topliss-reactive ketones (excluding diaryl/α,β-unsaturated/α-hetero) is 1. The number of halogens is 1. The molecule has 3 aliphatic rings. The van der Waals surface area contributed by atoms with Gasteiger partial charge in [-0.15, -0.1) is 21.5 Å². The van der Waals surface area contributed by atoms with Crippen molar-refractivity contribution in [1.29, 1.82) is 0 Å². The molecule has 2 aromatic carbocycles. The molecule has 2 N–H and O–H groups in total. The second-order valence-corrected chi connectivity index (χ2v) is 15.9. The van der Waals surface area contributed by atoms with E-state index in [9.17, 15) is 24.0 Å². The third kappa shape index (κ3) is 7.55. The second kappa shape index (κ2) is 15.8. The number of aryl methyl sites for hydroxylation is 2. The highest BCUT2D eigenvalue weighted by atomic mass is 35.5. The highest BCUT2D eigenvalue weighted by molar-refractivity contribution is 7.15. The van der Waals surface area contributed by atoms with Gasteiger partial charge in [0, 0.05) is 51.7 Å². The molecule has 14 heteroatoms. The van der Waals surface area contributed by atoms with Gasteiger partial charge in [-0.05, 0) is 82.3 Å². The number of hydrogen-bond acceptors (Lipinski definition) is 9. The van der Waals surface area contributed by atoms with Crippen LogP contribution >= 0.6 is 22.9 Å².